The van der Waals surface area contributed by atoms with Gasteiger partial charge in [0.1, 0.15) is 9.84 Å². The third kappa shape index (κ3) is 4.16. The molecule has 0 amide bonds. The molecule has 0 saturated heterocycles. The molecule has 0 bridgehead atoms. The number of thioether (sulfide) groups is 1. The molecule has 1 aromatic heterocycles. The molecule has 0 atom stereocenters. The van der Waals surface area contributed by atoms with E-state index in [1.807, 2.05) is 44.2 Å². The molecule has 3 rings (SSSR count). The second kappa shape index (κ2) is 7.25. The van der Waals surface area contributed by atoms with Gasteiger partial charge in [-0.25, -0.2) is 13.4 Å². The number of aromatic nitrogens is 2. The Bertz CT molecular complexity index is 1110. The standard InChI is InChI=1S/C19H20N2O3S2/c1-13-10-14(2)12-15(11-13)21-18(22)16-6-4-5-7-17(16)20-19(21)25-8-9-26(3,23)24/h4-7,10-12H,8-9H2,1-3H3. The van der Waals surface area contributed by atoms with Crippen molar-refractivity contribution in [1.29, 1.82) is 0 Å². The summed E-state index contributed by atoms with van der Waals surface area (Å²) >= 11 is 1.28. The van der Waals surface area contributed by atoms with E-state index >= 15 is 0 Å². The number of nitrogens with zero attached hydrogens (tertiary/aromatic N) is 2. The van der Waals surface area contributed by atoms with E-state index in [0.717, 1.165) is 16.8 Å². The highest BCUT2D eigenvalue weighted by atomic mass is 32.2. The highest BCUT2D eigenvalue weighted by Crippen LogP contribution is 2.22. The summed E-state index contributed by atoms with van der Waals surface area (Å²) in [6, 6.07) is 13.1. The highest BCUT2D eigenvalue weighted by Gasteiger charge is 2.14. The zero-order valence-electron chi connectivity index (χ0n) is 14.9. The van der Waals surface area contributed by atoms with Gasteiger partial charge in [0, 0.05) is 12.0 Å². The van der Waals surface area contributed by atoms with Crippen molar-refractivity contribution in [3.05, 3.63) is 63.9 Å². The van der Waals surface area contributed by atoms with Crippen LogP contribution in [0.15, 0.2) is 52.4 Å². The molecular formula is C19H20N2O3S2. The van der Waals surface area contributed by atoms with Crippen LogP contribution in [0.4, 0.5) is 0 Å². The Balaban J connectivity index is 2.19. The van der Waals surface area contributed by atoms with Crippen molar-refractivity contribution in [2.45, 2.75) is 19.0 Å². The van der Waals surface area contributed by atoms with Gasteiger partial charge in [-0.05, 0) is 49.2 Å². The molecule has 0 aliphatic rings. The minimum absolute atomic E-state index is 0.0349. The van der Waals surface area contributed by atoms with Crippen molar-refractivity contribution in [1.82, 2.24) is 9.55 Å². The minimum Gasteiger partial charge on any atom is -0.268 e. The summed E-state index contributed by atoms with van der Waals surface area (Å²) in [5.74, 6) is 0.377. The van der Waals surface area contributed by atoms with Crippen LogP contribution in [0.1, 0.15) is 11.1 Å². The van der Waals surface area contributed by atoms with E-state index in [-0.39, 0.29) is 11.3 Å². The van der Waals surface area contributed by atoms with Gasteiger partial charge in [-0.15, -0.1) is 0 Å². The van der Waals surface area contributed by atoms with Gasteiger partial charge in [0.15, 0.2) is 5.16 Å². The highest BCUT2D eigenvalue weighted by molar-refractivity contribution is 8.00. The van der Waals surface area contributed by atoms with E-state index in [2.05, 4.69) is 4.98 Å². The van der Waals surface area contributed by atoms with Crippen molar-refractivity contribution >= 4 is 32.5 Å². The predicted molar refractivity (Wildman–Crippen MR) is 107 cm³/mol. The van der Waals surface area contributed by atoms with Gasteiger partial charge in [-0.3, -0.25) is 9.36 Å². The van der Waals surface area contributed by atoms with Gasteiger partial charge in [0.05, 0.1) is 22.3 Å². The number of fused-ring (bicyclic) bond motifs is 1. The summed E-state index contributed by atoms with van der Waals surface area (Å²) < 4.78 is 24.5. The minimum atomic E-state index is -3.07. The summed E-state index contributed by atoms with van der Waals surface area (Å²) in [4.78, 5) is 17.7. The maximum atomic E-state index is 13.1. The molecule has 2 aromatic carbocycles. The lowest BCUT2D eigenvalue weighted by molar-refractivity contribution is 0.603. The van der Waals surface area contributed by atoms with Gasteiger partial charge in [0.25, 0.3) is 5.56 Å². The van der Waals surface area contributed by atoms with E-state index in [4.69, 9.17) is 0 Å². The average Bonchev–Trinajstić information content (AvgIpc) is 2.53. The Hall–Kier alpha value is -2.12. The van der Waals surface area contributed by atoms with Crippen LogP contribution in [-0.2, 0) is 9.84 Å². The zero-order valence-corrected chi connectivity index (χ0v) is 16.5. The van der Waals surface area contributed by atoms with Crippen LogP contribution in [0.2, 0.25) is 0 Å². The van der Waals surface area contributed by atoms with Gasteiger partial charge in [-0.2, -0.15) is 0 Å². The van der Waals surface area contributed by atoms with Crippen molar-refractivity contribution in [2.75, 3.05) is 17.8 Å². The second-order valence-corrected chi connectivity index (χ2v) is 9.70. The van der Waals surface area contributed by atoms with E-state index in [0.29, 0.717) is 21.8 Å². The molecule has 0 aliphatic carbocycles. The van der Waals surface area contributed by atoms with Crippen molar-refractivity contribution in [3.8, 4) is 5.69 Å². The summed E-state index contributed by atoms with van der Waals surface area (Å²) in [5, 5.41) is 1.04. The van der Waals surface area contributed by atoms with Gasteiger partial charge in [-0.1, -0.05) is 30.0 Å². The van der Waals surface area contributed by atoms with Crippen LogP contribution in [0.3, 0.4) is 0 Å². The summed E-state index contributed by atoms with van der Waals surface area (Å²) in [6.07, 6.45) is 1.21. The van der Waals surface area contributed by atoms with Crippen LogP contribution in [0.25, 0.3) is 16.6 Å². The van der Waals surface area contributed by atoms with Gasteiger partial charge < -0.3 is 0 Å². The van der Waals surface area contributed by atoms with Gasteiger partial charge in [0.2, 0.25) is 0 Å². The Morgan fingerprint density at radius 2 is 1.73 bits per heavy atom. The van der Waals surface area contributed by atoms with Crippen LogP contribution in [0.5, 0.6) is 0 Å². The number of aryl methyl sites for hydroxylation is 2. The topological polar surface area (TPSA) is 69.0 Å². The molecule has 1 heterocycles. The number of para-hydroxylation sites is 1. The van der Waals surface area contributed by atoms with Gasteiger partial charge >= 0.3 is 0 Å². The molecule has 0 radical (unpaired) electrons. The second-order valence-electron chi connectivity index (χ2n) is 6.38. The molecule has 26 heavy (non-hydrogen) atoms. The first-order chi connectivity index (χ1) is 12.2. The Kier molecular flexibility index (Phi) is 5.20. The number of hydrogen-bond acceptors (Lipinski definition) is 5. The number of hydrogen-bond donors (Lipinski definition) is 0. The smallest absolute Gasteiger partial charge is 0.266 e. The third-order valence-corrected chi connectivity index (χ3v) is 6.04. The Morgan fingerprint density at radius 1 is 1.08 bits per heavy atom. The lowest BCUT2D eigenvalue weighted by Crippen LogP contribution is -2.22. The first-order valence-corrected chi connectivity index (χ1v) is 11.2. The van der Waals surface area contributed by atoms with Crippen LogP contribution >= 0.6 is 11.8 Å². The number of rotatable bonds is 5. The Morgan fingerprint density at radius 3 is 2.38 bits per heavy atom. The summed E-state index contributed by atoms with van der Waals surface area (Å²) in [6.45, 7) is 3.96. The van der Waals surface area contributed by atoms with E-state index in [9.17, 15) is 13.2 Å². The van der Waals surface area contributed by atoms with Crippen molar-refractivity contribution in [2.24, 2.45) is 0 Å². The molecule has 0 spiro atoms. The SMILES string of the molecule is Cc1cc(C)cc(-n2c(SCCS(C)(=O)=O)nc3ccccc3c2=O)c1. The molecule has 0 N–H and O–H groups in total. The number of sulfone groups is 1. The summed E-state index contributed by atoms with van der Waals surface area (Å²) in [7, 11) is -3.07. The van der Waals surface area contributed by atoms with E-state index in [1.54, 1.807) is 16.7 Å². The first-order valence-electron chi connectivity index (χ1n) is 8.15. The maximum Gasteiger partial charge on any atom is 0.266 e. The molecule has 5 nitrogen and oxygen atoms in total. The fourth-order valence-electron chi connectivity index (χ4n) is 2.80. The molecule has 0 fully saturated rings. The normalized spacial score (nSPS) is 11.8. The maximum absolute atomic E-state index is 13.1. The quantitative estimate of drug-likeness (QED) is 0.496. The molecule has 0 aliphatic heterocycles. The largest absolute Gasteiger partial charge is 0.268 e. The first kappa shape index (κ1) is 18.7. The average molecular weight is 389 g/mol. The molecule has 0 saturated carbocycles. The van der Waals surface area contributed by atoms with Crippen LogP contribution in [0, 0.1) is 13.8 Å². The van der Waals surface area contributed by atoms with E-state index in [1.165, 1.54) is 18.0 Å². The fourth-order valence-corrected chi connectivity index (χ4v) is 5.01. The summed E-state index contributed by atoms with van der Waals surface area (Å²) in [5.41, 5.74) is 3.30. The monoisotopic (exact) mass is 388 g/mol. The third-order valence-electron chi connectivity index (χ3n) is 3.89. The fraction of sp³-hybridized carbons (Fsp3) is 0.263. The lowest BCUT2D eigenvalue weighted by Gasteiger charge is -2.14. The molecule has 136 valence electrons. The zero-order chi connectivity index (χ0) is 18.9. The van der Waals surface area contributed by atoms with E-state index < -0.39 is 9.84 Å². The van der Waals surface area contributed by atoms with Crippen molar-refractivity contribution < 1.29 is 8.42 Å². The number of benzene rings is 2. The molecule has 0 unspecified atom stereocenters. The van der Waals surface area contributed by atoms with Crippen LogP contribution < -0.4 is 5.56 Å². The Labute approximate surface area is 157 Å². The van der Waals surface area contributed by atoms with Crippen molar-refractivity contribution in [3.63, 3.8) is 0 Å². The molecular weight excluding hydrogens is 368 g/mol. The van der Waals surface area contributed by atoms with Crippen LogP contribution in [-0.4, -0.2) is 35.7 Å². The molecule has 7 heteroatoms. The lowest BCUT2D eigenvalue weighted by atomic mass is 10.1. The predicted octanol–water partition coefficient (Wildman–Crippen LogP) is 3.14. The molecule has 3 aromatic rings.